The number of hydrogen-bond acceptors (Lipinski definition) is 3. The van der Waals surface area contributed by atoms with Gasteiger partial charge in [-0.05, 0) is 42.3 Å². The summed E-state index contributed by atoms with van der Waals surface area (Å²) in [6.07, 6.45) is 1.70. The van der Waals surface area contributed by atoms with E-state index in [1.165, 1.54) is 0 Å². The molecule has 0 radical (unpaired) electrons. The lowest BCUT2D eigenvalue weighted by Gasteiger charge is -2.13. The molecule has 5 N–H and O–H groups in total. The number of nitrogens with one attached hydrogen (secondary N) is 1. The van der Waals surface area contributed by atoms with Gasteiger partial charge in [-0.2, -0.15) is 4.99 Å². The normalized spacial score (nSPS) is 11.4. The van der Waals surface area contributed by atoms with Gasteiger partial charge in [0.1, 0.15) is 0 Å². The third-order valence-electron chi connectivity index (χ3n) is 4.17. The first-order valence-electron chi connectivity index (χ1n) is 8.55. The largest absolute Gasteiger partial charge is 0.370 e. The smallest absolute Gasteiger partial charge is 0.231 e. The predicted molar refractivity (Wildman–Crippen MR) is 109 cm³/mol. The zero-order valence-corrected chi connectivity index (χ0v) is 15.0. The molecule has 0 aliphatic carbocycles. The van der Waals surface area contributed by atoms with Crippen molar-refractivity contribution in [2.45, 2.75) is 12.8 Å². The van der Waals surface area contributed by atoms with Crippen molar-refractivity contribution in [2.24, 2.45) is 16.5 Å². The standard InChI is InChI=1S/C21H21N5O/c1-14(15-5-3-2-4-6-15)20(27)25-18-10-7-16(8-11-18)17-9-12-19(24-13-17)26-21(22)23/h2-14H,1H3,(H,25,27)(H4,22,23,24,26). The molecule has 1 atom stereocenters. The highest BCUT2D eigenvalue weighted by molar-refractivity contribution is 5.95. The fourth-order valence-electron chi connectivity index (χ4n) is 2.64. The molecule has 0 saturated heterocycles. The molecule has 0 aliphatic heterocycles. The zero-order chi connectivity index (χ0) is 19.2. The molecule has 6 nitrogen and oxygen atoms in total. The molecule has 1 heterocycles. The second kappa shape index (κ2) is 8.14. The number of aliphatic imine (C=N–C) groups is 1. The molecule has 0 saturated carbocycles. The maximum absolute atomic E-state index is 12.4. The molecule has 1 aromatic heterocycles. The van der Waals surface area contributed by atoms with Gasteiger partial charge >= 0.3 is 0 Å². The summed E-state index contributed by atoms with van der Waals surface area (Å²) in [7, 11) is 0. The third-order valence-corrected chi connectivity index (χ3v) is 4.17. The fourth-order valence-corrected chi connectivity index (χ4v) is 2.64. The maximum Gasteiger partial charge on any atom is 0.231 e. The minimum Gasteiger partial charge on any atom is -0.370 e. The molecule has 3 aromatic rings. The van der Waals surface area contributed by atoms with E-state index in [0.29, 0.717) is 5.82 Å². The summed E-state index contributed by atoms with van der Waals surface area (Å²) in [4.78, 5) is 20.5. The van der Waals surface area contributed by atoms with Gasteiger partial charge in [-0.15, -0.1) is 0 Å². The van der Waals surface area contributed by atoms with E-state index in [-0.39, 0.29) is 17.8 Å². The van der Waals surface area contributed by atoms with E-state index >= 15 is 0 Å². The Morgan fingerprint density at radius 2 is 1.63 bits per heavy atom. The maximum atomic E-state index is 12.4. The number of aromatic nitrogens is 1. The van der Waals surface area contributed by atoms with Crippen molar-refractivity contribution >= 4 is 23.4 Å². The average Bonchev–Trinajstić information content (AvgIpc) is 2.69. The molecule has 0 spiro atoms. The second-order valence-electron chi connectivity index (χ2n) is 6.14. The number of anilines is 1. The lowest BCUT2D eigenvalue weighted by Crippen LogP contribution is -2.22. The number of rotatable bonds is 5. The predicted octanol–water partition coefficient (Wildman–Crippen LogP) is 3.40. The molecule has 0 fully saturated rings. The van der Waals surface area contributed by atoms with Crippen molar-refractivity contribution in [1.29, 1.82) is 0 Å². The van der Waals surface area contributed by atoms with E-state index < -0.39 is 0 Å². The molecule has 1 amide bonds. The van der Waals surface area contributed by atoms with Crippen LogP contribution in [0.25, 0.3) is 11.1 Å². The summed E-state index contributed by atoms with van der Waals surface area (Å²) in [6, 6.07) is 20.9. The van der Waals surface area contributed by atoms with E-state index in [0.717, 1.165) is 22.4 Å². The Kier molecular flexibility index (Phi) is 5.47. The number of nitrogens with zero attached hydrogens (tertiary/aromatic N) is 2. The molecule has 6 heteroatoms. The van der Waals surface area contributed by atoms with Gasteiger partial charge in [0.15, 0.2) is 11.8 Å². The number of benzene rings is 2. The first-order valence-corrected chi connectivity index (χ1v) is 8.55. The van der Waals surface area contributed by atoms with Crippen molar-refractivity contribution in [3.8, 4) is 11.1 Å². The van der Waals surface area contributed by atoms with Crippen LogP contribution < -0.4 is 16.8 Å². The highest BCUT2D eigenvalue weighted by atomic mass is 16.1. The van der Waals surface area contributed by atoms with E-state index in [1.54, 1.807) is 12.3 Å². The average molecular weight is 359 g/mol. The Hall–Kier alpha value is -3.67. The molecule has 27 heavy (non-hydrogen) atoms. The summed E-state index contributed by atoms with van der Waals surface area (Å²) in [5, 5.41) is 2.95. The number of carbonyl (C=O) groups excluding carboxylic acids is 1. The number of carbonyl (C=O) groups is 1. The molecular weight excluding hydrogens is 338 g/mol. The molecule has 0 bridgehead atoms. The Balaban J connectivity index is 1.68. The van der Waals surface area contributed by atoms with Gasteiger partial charge in [0.05, 0.1) is 5.92 Å². The lowest BCUT2D eigenvalue weighted by molar-refractivity contribution is -0.117. The van der Waals surface area contributed by atoms with Crippen LogP contribution in [0.1, 0.15) is 18.4 Å². The molecule has 1 unspecified atom stereocenters. The van der Waals surface area contributed by atoms with Crippen LogP contribution in [0.5, 0.6) is 0 Å². The molecule has 2 aromatic carbocycles. The first-order chi connectivity index (χ1) is 13.0. The van der Waals surface area contributed by atoms with Crippen LogP contribution in [0.2, 0.25) is 0 Å². The van der Waals surface area contributed by atoms with E-state index in [9.17, 15) is 4.79 Å². The Labute approximate surface area is 158 Å². The Morgan fingerprint density at radius 1 is 0.963 bits per heavy atom. The van der Waals surface area contributed by atoms with Gasteiger partial charge in [0, 0.05) is 17.4 Å². The van der Waals surface area contributed by atoms with Gasteiger partial charge in [0.25, 0.3) is 0 Å². The van der Waals surface area contributed by atoms with Crippen molar-refractivity contribution in [3.63, 3.8) is 0 Å². The van der Waals surface area contributed by atoms with Crippen molar-refractivity contribution < 1.29 is 4.79 Å². The summed E-state index contributed by atoms with van der Waals surface area (Å²) in [5.41, 5.74) is 14.3. The van der Waals surface area contributed by atoms with Gasteiger partial charge in [-0.1, -0.05) is 42.5 Å². The number of amides is 1. The van der Waals surface area contributed by atoms with Gasteiger partial charge in [0.2, 0.25) is 5.91 Å². The Bertz CT molecular complexity index is 931. The molecule has 3 rings (SSSR count). The molecule has 0 aliphatic rings. The Morgan fingerprint density at radius 3 is 2.22 bits per heavy atom. The molecular formula is C21H21N5O. The second-order valence-corrected chi connectivity index (χ2v) is 6.14. The minimum atomic E-state index is -0.224. The van der Waals surface area contributed by atoms with Crippen molar-refractivity contribution in [3.05, 3.63) is 78.5 Å². The number of pyridine rings is 1. The summed E-state index contributed by atoms with van der Waals surface area (Å²) >= 11 is 0. The van der Waals surface area contributed by atoms with Crippen molar-refractivity contribution in [1.82, 2.24) is 4.98 Å². The SMILES string of the molecule is CC(C(=O)Nc1ccc(-c2ccc(N=C(N)N)nc2)cc1)c1ccccc1. The van der Waals surface area contributed by atoms with E-state index in [1.807, 2.05) is 67.6 Å². The first kappa shape index (κ1) is 18.1. The van der Waals surface area contributed by atoms with Crippen LogP contribution in [0.3, 0.4) is 0 Å². The fraction of sp³-hybridized carbons (Fsp3) is 0.0952. The number of guanidine groups is 1. The zero-order valence-electron chi connectivity index (χ0n) is 15.0. The monoisotopic (exact) mass is 359 g/mol. The highest BCUT2D eigenvalue weighted by Gasteiger charge is 2.14. The van der Waals surface area contributed by atoms with Crippen molar-refractivity contribution in [2.75, 3.05) is 5.32 Å². The number of hydrogen-bond donors (Lipinski definition) is 3. The van der Waals surface area contributed by atoms with Crippen LogP contribution in [0, 0.1) is 0 Å². The van der Waals surface area contributed by atoms with E-state index in [2.05, 4.69) is 15.3 Å². The van der Waals surface area contributed by atoms with E-state index in [4.69, 9.17) is 11.5 Å². The topological polar surface area (TPSA) is 106 Å². The molecule has 136 valence electrons. The minimum absolute atomic E-state index is 0.0277. The quantitative estimate of drug-likeness (QED) is 0.479. The van der Waals surface area contributed by atoms with Crippen LogP contribution >= 0.6 is 0 Å². The van der Waals surface area contributed by atoms with Gasteiger partial charge in [-0.25, -0.2) is 4.98 Å². The van der Waals surface area contributed by atoms with Crippen LogP contribution in [0.4, 0.5) is 11.5 Å². The van der Waals surface area contributed by atoms with Gasteiger partial charge in [-0.3, -0.25) is 4.79 Å². The highest BCUT2D eigenvalue weighted by Crippen LogP contribution is 2.23. The number of nitrogens with two attached hydrogens (primary N) is 2. The van der Waals surface area contributed by atoms with Gasteiger partial charge < -0.3 is 16.8 Å². The van der Waals surface area contributed by atoms with Crippen LogP contribution in [0.15, 0.2) is 77.9 Å². The van der Waals surface area contributed by atoms with Crippen LogP contribution in [-0.4, -0.2) is 16.9 Å². The van der Waals surface area contributed by atoms with Crippen LogP contribution in [-0.2, 0) is 4.79 Å². The summed E-state index contributed by atoms with van der Waals surface area (Å²) < 4.78 is 0. The lowest BCUT2D eigenvalue weighted by atomic mass is 10.0. The summed E-state index contributed by atoms with van der Waals surface area (Å²) in [5.74, 6) is 0.160. The summed E-state index contributed by atoms with van der Waals surface area (Å²) in [6.45, 7) is 1.89. The third kappa shape index (κ3) is 4.70.